The zero-order valence-electron chi connectivity index (χ0n) is 45.0. The molecule has 0 unspecified atom stereocenters. The number of rotatable bonds is 51. The van der Waals surface area contributed by atoms with Crippen molar-refractivity contribution in [1.29, 1.82) is 0 Å². The number of esters is 3. The predicted molar refractivity (Wildman–Crippen MR) is 297 cm³/mol. The highest BCUT2D eigenvalue weighted by Crippen LogP contribution is 2.16. The van der Waals surface area contributed by atoms with Crippen LogP contribution in [0.1, 0.15) is 265 Å². The Hall–Kier alpha value is -3.67. The summed E-state index contributed by atoms with van der Waals surface area (Å²) >= 11 is 0. The molecule has 0 saturated heterocycles. The molecule has 394 valence electrons. The standard InChI is InChI=1S/C63H106O6/c1-4-7-10-13-16-19-22-25-28-30-31-33-35-38-41-44-47-50-53-56-62(65)68-59-60(58-67-61(64)55-52-49-46-43-40-37-34-27-24-21-18-15-12-9-6-3)69-63(66)57-54-51-48-45-42-39-36-32-29-26-23-20-17-14-11-8-5-2/h8-9,11-12,17-18,20-21,26-27,29,34,36,39,45,48,60H,4-7,10,13-16,19,22-25,28,30-33,35,37-38,40-44,46-47,49-59H2,1-3H3/b11-8-,12-9-,20-17-,21-18-,29-26-,34-27-,39-36-,48-45-/t60-/m1/s1. The van der Waals surface area contributed by atoms with Gasteiger partial charge in [-0.05, 0) is 89.9 Å². The van der Waals surface area contributed by atoms with E-state index in [2.05, 4.69) is 118 Å². The Bertz CT molecular complexity index is 1380. The van der Waals surface area contributed by atoms with Gasteiger partial charge in [-0.25, -0.2) is 0 Å². The van der Waals surface area contributed by atoms with Crippen LogP contribution in [0.5, 0.6) is 0 Å². The first-order valence-corrected chi connectivity index (χ1v) is 28.7. The monoisotopic (exact) mass is 959 g/mol. The smallest absolute Gasteiger partial charge is 0.306 e. The molecule has 0 aromatic rings. The fourth-order valence-corrected chi connectivity index (χ4v) is 7.85. The van der Waals surface area contributed by atoms with Crippen LogP contribution >= 0.6 is 0 Å². The summed E-state index contributed by atoms with van der Waals surface area (Å²) in [7, 11) is 0. The first-order chi connectivity index (χ1) is 34.0. The van der Waals surface area contributed by atoms with Crippen LogP contribution in [-0.2, 0) is 28.6 Å². The minimum atomic E-state index is -0.814. The average Bonchev–Trinajstić information content (AvgIpc) is 3.35. The van der Waals surface area contributed by atoms with Crippen LogP contribution in [0.15, 0.2) is 97.2 Å². The Morgan fingerprint density at radius 3 is 0.928 bits per heavy atom. The van der Waals surface area contributed by atoms with E-state index in [4.69, 9.17) is 14.2 Å². The van der Waals surface area contributed by atoms with Gasteiger partial charge in [0.2, 0.25) is 0 Å². The van der Waals surface area contributed by atoms with Crippen molar-refractivity contribution in [2.75, 3.05) is 13.2 Å². The molecule has 6 heteroatoms. The van der Waals surface area contributed by atoms with Crippen molar-refractivity contribution in [2.24, 2.45) is 0 Å². The van der Waals surface area contributed by atoms with Gasteiger partial charge in [0, 0.05) is 19.3 Å². The van der Waals surface area contributed by atoms with Crippen LogP contribution in [0.25, 0.3) is 0 Å². The number of unbranched alkanes of at least 4 members (excludes halogenated alkanes) is 24. The quantitative estimate of drug-likeness (QED) is 0.0262. The second-order valence-electron chi connectivity index (χ2n) is 18.8. The molecule has 0 bridgehead atoms. The van der Waals surface area contributed by atoms with Crippen molar-refractivity contribution < 1.29 is 28.6 Å². The minimum Gasteiger partial charge on any atom is -0.462 e. The van der Waals surface area contributed by atoms with E-state index in [1.54, 1.807) is 0 Å². The molecule has 0 aromatic heterocycles. The zero-order valence-corrected chi connectivity index (χ0v) is 45.0. The van der Waals surface area contributed by atoms with E-state index in [-0.39, 0.29) is 37.5 Å². The third-order valence-corrected chi connectivity index (χ3v) is 12.1. The second kappa shape index (κ2) is 56.9. The van der Waals surface area contributed by atoms with Crippen molar-refractivity contribution in [3.63, 3.8) is 0 Å². The van der Waals surface area contributed by atoms with Crippen LogP contribution in [-0.4, -0.2) is 37.2 Å². The summed E-state index contributed by atoms with van der Waals surface area (Å²) in [4.78, 5) is 38.1. The Labute approximate surface area is 426 Å². The van der Waals surface area contributed by atoms with E-state index >= 15 is 0 Å². The molecule has 0 spiro atoms. The summed E-state index contributed by atoms with van der Waals surface area (Å²) < 4.78 is 16.8. The number of allylic oxidation sites excluding steroid dienone is 16. The van der Waals surface area contributed by atoms with Gasteiger partial charge < -0.3 is 14.2 Å². The molecule has 0 aliphatic rings. The molecule has 6 nitrogen and oxygen atoms in total. The van der Waals surface area contributed by atoms with Crippen LogP contribution in [0, 0.1) is 0 Å². The number of hydrogen-bond acceptors (Lipinski definition) is 6. The van der Waals surface area contributed by atoms with Gasteiger partial charge in [-0.3, -0.25) is 14.4 Å². The van der Waals surface area contributed by atoms with Crippen molar-refractivity contribution >= 4 is 17.9 Å². The van der Waals surface area contributed by atoms with Crippen molar-refractivity contribution in [3.05, 3.63) is 97.2 Å². The maximum Gasteiger partial charge on any atom is 0.306 e. The van der Waals surface area contributed by atoms with E-state index in [1.807, 2.05) is 0 Å². The van der Waals surface area contributed by atoms with E-state index in [0.717, 1.165) is 116 Å². The average molecular weight is 960 g/mol. The van der Waals surface area contributed by atoms with Gasteiger partial charge in [-0.15, -0.1) is 0 Å². The van der Waals surface area contributed by atoms with Gasteiger partial charge >= 0.3 is 17.9 Å². The third kappa shape index (κ3) is 55.1. The van der Waals surface area contributed by atoms with Gasteiger partial charge in [0.25, 0.3) is 0 Å². The van der Waals surface area contributed by atoms with Crippen molar-refractivity contribution in [3.8, 4) is 0 Å². The molecule has 0 aliphatic carbocycles. The molecule has 0 amide bonds. The fourth-order valence-electron chi connectivity index (χ4n) is 7.85. The van der Waals surface area contributed by atoms with Crippen LogP contribution in [0.4, 0.5) is 0 Å². The number of hydrogen-bond donors (Lipinski definition) is 0. The summed E-state index contributed by atoms with van der Waals surface area (Å²) in [5.74, 6) is -0.976. The highest BCUT2D eigenvalue weighted by atomic mass is 16.6. The highest BCUT2D eigenvalue weighted by molar-refractivity contribution is 5.71. The van der Waals surface area contributed by atoms with Gasteiger partial charge in [0.05, 0.1) is 0 Å². The van der Waals surface area contributed by atoms with Gasteiger partial charge in [0.15, 0.2) is 6.10 Å². The lowest BCUT2D eigenvalue weighted by Gasteiger charge is -2.18. The molecule has 0 fully saturated rings. The number of carbonyl (C=O) groups is 3. The van der Waals surface area contributed by atoms with Crippen molar-refractivity contribution in [1.82, 2.24) is 0 Å². The van der Waals surface area contributed by atoms with Crippen molar-refractivity contribution in [2.45, 2.75) is 271 Å². The largest absolute Gasteiger partial charge is 0.462 e. The topological polar surface area (TPSA) is 78.9 Å². The minimum absolute atomic E-state index is 0.104. The Kier molecular flexibility index (Phi) is 53.9. The second-order valence-corrected chi connectivity index (χ2v) is 18.8. The first-order valence-electron chi connectivity index (χ1n) is 28.7. The summed E-state index contributed by atoms with van der Waals surface area (Å²) in [5.41, 5.74) is 0. The molecule has 0 aromatic carbocycles. The molecule has 69 heavy (non-hydrogen) atoms. The van der Waals surface area contributed by atoms with Crippen LogP contribution < -0.4 is 0 Å². The Morgan fingerprint density at radius 2 is 0.580 bits per heavy atom. The molecule has 0 saturated carbocycles. The summed E-state index contributed by atoms with van der Waals surface area (Å²) in [6, 6.07) is 0. The summed E-state index contributed by atoms with van der Waals surface area (Å²) in [6.07, 6.45) is 75.5. The lowest BCUT2D eigenvalue weighted by Crippen LogP contribution is -2.30. The van der Waals surface area contributed by atoms with E-state index < -0.39 is 6.10 Å². The molecule has 0 rings (SSSR count). The highest BCUT2D eigenvalue weighted by Gasteiger charge is 2.19. The fraction of sp³-hybridized carbons (Fsp3) is 0.698. The zero-order chi connectivity index (χ0) is 50.0. The Balaban J connectivity index is 4.46. The van der Waals surface area contributed by atoms with Crippen LogP contribution in [0.2, 0.25) is 0 Å². The van der Waals surface area contributed by atoms with E-state index in [0.29, 0.717) is 19.3 Å². The maximum atomic E-state index is 12.8. The molecule has 0 aliphatic heterocycles. The third-order valence-electron chi connectivity index (χ3n) is 12.1. The van der Waals surface area contributed by atoms with Gasteiger partial charge in [-0.2, -0.15) is 0 Å². The molecular formula is C63H106O6. The Morgan fingerprint density at radius 1 is 0.304 bits per heavy atom. The summed E-state index contributed by atoms with van der Waals surface area (Å²) in [6.45, 7) is 6.37. The van der Waals surface area contributed by atoms with Gasteiger partial charge in [0.1, 0.15) is 13.2 Å². The van der Waals surface area contributed by atoms with Gasteiger partial charge in [-0.1, -0.05) is 253 Å². The van der Waals surface area contributed by atoms with E-state index in [9.17, 15) is 14.4 Å². The predicted octanol–water partition coefficient (Wildman–Crippen LogP) is 19.3. The first kappa shape index (κ1) is 65.3. The SMILES string of the molecule is CC/C=C\C/C=C\C/C=C\C/C=C\C/C=C\CCCC(=O)O[C@H](COC(=O)CCCCCCC/C=C\C/C=C\C/C=C\CC)COC(=O)CCCCCCCCCCCCCCCCCCCCC. The molecule has 0 radical (unpaired) electrons. The normalized spacial score (nSPS) is 12.8. The lowest BCUT2D eigenvalue weighted by molar-refractivity contribution is -0.167. The van der Waals surface area contributed by atoms with E-state index in [1.165, 1.54) is 103 Å². The molecule has 0 heterocycles. The molecule has 0 N–H and O–H groups in total. The number of carbonyl (C=O) groups excluding carboxylic acids is 3. The maximum absolute atomic E-state index is 12.8. The number of ether oxygens (including phenoxy) is 3. The van der Waals surface area contributed by atoms with Crippen LogP contribution in [0.3, 0.4) is 0 Å². The lowest BCUT2D eigenvalue weighted by atomic mass is 10.0. The summed E-state index contributed by atoms with van der Waals surface area (Å²) in [5, 5.41) is 0. The molecule has 1 atom stereocenters. The molecular weight excluding hydrogens is 853 g/mol.